The van der Waals surface area contributed by atoms with Crippen molar-refractivity contribution in [3.05, 3.63) is 0 Å². The number of hydrogen-bond acceptors (Lipinski definition) is 4. The van der Waals surface area contributed by atoms with Gasteiger partial charge in [-0.2, -0.15) is 0 Å². The molecular weight excluding hydrogens is 248 g/mol. The van der Waals surface area contributed by atoms with Crippen LogP contribution in [0.3, 0.4) is 0 Å². The number of carboxylic acid groups (broad SMARTS) is 1. The number of nitrogens with one attached hydrogen (secondary N) is 1. The third kappa shape index (κ3) is 4.36. The molecule has 0 aromatic carbocycles. The Morgan fingerprint density at radius 2 is 1.89 bits per heavy atom. The summed E-state index contributed by atoms with van der Waals surface area (Å²) in [6.07, 6.45) is 0. The zero-order valence-electron chi connectivity index (χ0n) is 11.9. The highest BCUT2D eigenvalue weighted by Gasteiger charge is 2.28. The number of carbonyl (C=O) groups excluding carboxylic acids is 1. The SMILES string of the molecule is CNCCN(C)C(=O)N1CCN(C(C)C(=O)O)CC1. The van der Waals surface area contributed by atoms with E-state index in [2.05, 4.69) is 5.32 Å². The number of urea groups is 1. The third-order valence-corrected chi connectivity index (χ3v) is 3.51. The first-order valence-electron chi connectivity index (χ1n) is 6.59. The monoisotopic (exact) mass is 272 g/mol. The van der Waals surface area contributed by atoms with Gasteiger partial charge in [-0.3, -0.25) is 9.69 Å². The number of nitrogens with zero attached hydrogens (tertiary/aromatic N) is 3. The summed E-state index contributed by atoms with van der Waals surface area (Å²) in [5.74, 6) is -0.814. The summed E-state index contributed by atoms with van der Waals surface area (Å²) < 4.78 is 0. The second-order valence-corrected chi connectivity index (χ2v) is 4.84. The van der Waals surface area contributed by atoms with Crippen LogP contribution in [0.15, 0.2) is 0 Å². The molecule has 0 bridgehead atoms. The van der Waals surface area contributed by atoms with Crippen molar-refractivity contribution in [2.45, 2.75) is 13.0 Å². The average Bonchev–Trinajstić information content (AvgIpc) is 2.43. The van der Waals surface area contributed by atoms with E-state index >= 15 is 0 Å². The van der Waals surface area contributed by atoms with Crippen molar-refractivity contribution in [1.29, 1.82) is 0 Å². The number of hydrogen-bond donors (Lipinski definition) is 2. The van der Waals surface area contributed by atoms with Crippen molar-refractivity contribution in [3.8, 4) is 0 Å². The van der Waals surface area contributed by atoms with Gasteiger partial charge < -0.3 is 20.2 Å². The smallest absolute Gasteiger partial charge is 0.320 e. The van der Waals surface area contributed by atoms with E-state index in [4.69, 9.17) is 5.11 Å². The van der Waals surface area contributed by atoms with Gasteiger partial charge in [0, 0.05) is 46.3 Å². The second kappa shape index (κ2) is 7.30. The van der Waals surface area contributed by atoms with Gasteiger partial charge >= 0.3 is 12.0 Å². The highest BCUT2D eigenvalue weighted by molar-refractivity contribution is 5.75. The second-order valence-electron chi connectivity index (χ2n) is 4.84. The lowest BCUT2D eigenvalue weighted by Crippen LogP contribution is -2.55. The van der Waals surface area contributed by atoms with E-state index in [1.165, 1.54) is 0 Å². The van der Waals surface area contributed by atoms with Crippen LogP contribution >= 0.6 is 0 Å². The molecule has 0 aromatic heterocycles. The molecule has 0 aromatic rings. The summed E-state index contributed by atoms with van der Waals surface area (Å²) in [5, 5.41) is 12.0. The highest BCUT2D eigenvalue weighted by atomic mass is 16.4. The molecule has 0 aliphatic carbocycles. The Balaban J connectivity index is 2.40. The van der Waals surface area contributed by atoms with Crippen LogP contribution in [-0.2, 0) is 4.79 Å². The van der Waals surface area contributed by atoms with Crippen LogP contribution in [0.5, 0.6) is 0 Å². The maximum Gasteiger partial charge on any atom is 0.320 e. The first-order chi connectivity index (χ1) is 8.97. The predicted octanol–water partition coefficient (Wildman–Crippen LogP) is -0.652. The fourth-order valence-electron chi connectivity index (χ4n) is 2.07. The maximum atomic E-state index is 12.1. The molecule has 1 unspecified atom stereocenters. The van der Waals surface area contributed by atoms with Gasteiger partial charge in [-0.15, -0.1) is 0 Å². The van der Waals surface area contributed by atoms with Gasteiger partial charge in [-0.25, -0.2) is 4.79 Å². The van der Waals surface area contributed by atoms with E-state index in [0.29, 0.717) is 32.7 Å². The molecule has 7 heteroatoms. The number of amides is 2. The lowest BCUT2D eigenvalue weighted by atomic mass is 10.2. The predicted molar refractivity (Wildman–Crippen MR) is 72.2 cm³/mol. The lowest BCUT2D eigenvalue weighted by Gasteiger charge is -2.38. The molecule has 1 atom stereocenters. The standard InChI is InChI=1S/C12H24N4O3/c1-10(11(17)18)15-6-8-16(9-7-15)12(19)14(3)5-4-13-2/h10,13H,4-9H2,1-3H3,(H,17,18). The Hall–Kier alpha value is -1.34. The number of carbonyl (C=O) groups is 2. The zero-order chi connectivity index (χ0) is 14.4. The van der Waals surface area contributed by atoms with E-state index in [1.807, 2.05) is 11.9 Å². The molecule has 1 fully saturated rings. The zero-order valence-corrected chi connectivity index (χ0v) is 11.9. The van der Waals surface area contributed by atoms with Crippen LogP contribution in [0.4, 0.5) is 4.79 Å². The lowest BCUT2D eigenvalue weighted by molar-refractivity contribution is -0.143. The molecule has 2 amide bonds. The molecule has 1 aliphatic heterocycles. The van der Waals surface area contributed by atoms with Crippen molar-refractivity contribution in [2.75, 3.05) is 53.4 Å². The molecule has 1 aliphatic rings. The average molecular weight is 272 g/mol. The fraction of sp³-hybridized carbons (Fsp3) is 0.833. The van der Waals surface area contributed by atoms with Crippen LogP contribution in [0.2, 0.25) is 0 Å². The first kappa shape index (κ1) is 15.7. The fourth-order valence-corrected chi connectivity index (χ4v) is 2.07. The topological polar surface area (TPSA) is 76.1 Å². The summed E-state index contributed by atoms with van der Waals surface area (Å²) in [6, 6.07) is -0.475. The normalized spacial score (nSPS) is 18.2. The van der Waals surface area contributed by atoms with E-state index in [1.54, 1.807) is 23.8 Å². The van der Waals surface area contributed by atoms with Gasteiger partial charge in [0.2, 0.25) is 0 Å². The number of rotatable bonds is 5. The van der Waals surface area contributed by atoms with E-state index in [-0.39, 0.29) is 6.03 Å². The number of piperazine rings is 1. The van der Waals surface area contributed by atoms with Crippen molar-refractivity contribution < 1.29 is 14.7 Å². The number of aliphatic carboxylic acids is 1. The Morgan fingerprint density at radius 3 is 2.37 bits per heavy atom. The molecule has 1 saturated heterocycles. The third-order valence-electron chi connectivity index (χ3n) is 3.51. The highest BCUT2D eigenvalue weighted by Crippen LogP contribution is 2.08. The van der Waals surface area contributed by atoms with Gasteiger partial charge in [0.15, 0.2) is 0 Å². The molecule has 0 radical (unpaired) electrons. The quantitative estimate of drug-likeness (QED) is 0.695. The van der Waals surface area contributed by atoms with Crippen LogP contribution in [0.25, 0.3) is 0 Å². The molecule has 1 rings (SSSR count). The minimum absolute atomic E-state index is 0.0119. The maximum absolute atomic E-state index is 12.1. The molecule has 19 heavy (non-hydrogen) atoms. The van der Waals surface area contributed by atoms with Crippen molar-refractivity contribution in [3.63, 3.8) is 0 Å². The molecule has 0 saturated carbocycles. The minimum atomic E-state index is -0.814. The Kier molecular flexibility index (Phi) is 6.04. The molecule has 2 N–H and O–H groups in total. The van der Waals surface area contributed by atoms with Crippen molar-refractivity contribution in [2.24, 2.45) is 0 Å². The molecule has 7 nitrogen and oxygen atoms in total. The molecule has 110 valence electrons. The molecule has 1 heterocycles. The van der Waals surface area contributed by atoms with Gasteiger partial charge in [0.25, 0.3) is 0 Å². The Labute approximate surface area is 114 Å². The number of carboxylic acids is 1. The minimum Gasteiger partial charge on any atom is -0.480 e. The van der Waals surface area contributed by atoms with Crippen molar-refractivity contribution >= 4 is 12.0 Å². The summed E-state index contributed by atoms with van der Waals surface area (Å²) in [4.78, 5) is 28.4. The van der Waals surface area contributed by atoms with E-state index in [9.17, 15) is 9.59 Å². The van der Waals surface area contributed by atoms with Gasteiger partial charge in [0.1, 0.15) is 6.04 Å². The molecule has 0 spiro atoms. The Bertz CT molecular complexity index is 316. The Morgan fingerprint density at radius 1 is 1.32 bits per heavy atom. The van der Waals surface area contributed by atoms with Crippen LogP contribution in [0.1, 0.15) is 6.92 Å². The number of likely N-dealkylation sites (N-methyl/N-ethyl adjacent to an activating group) is 2. The van der Waals surface area contributed by atoms with Gasteiger partial charge in [-0.05, 0) is 14.0 Å². The van der Waals surface area contributed by atoms with Crippen LogP contribution in [-0.4, -0.2) is 91.2 Å². The molecular formula is C12H24N4O3. The first-order valence-corrected chi connectivity index (χ1v) is 6.59. The summed E-state index contributed by atoms with van der Waals surface area (Å²) in [7, 11) is 3.64. The van der Waals surface area contributed by atoms with E-state index < -0.39 is 12.0 Å². The van der Waals surface area contributed by atoms with Gasteiger partial charge in [0.05, 0.1) is 0 Å². The summed E-state index contributed by atoms with van der Waals surface area (Å²) in [5.41, 5.74) is 0. The van der Waals surface area contributed by atoms with E-state index in [0.717, 1.165) is 6.54 Å². The van der Waals surface area contributed by atoms with Crippen molar-refractivity contribution in [1.82, 2.24) is 20.0 Å². The van der Waals surface area contributed by atoms with Crippen LogP contribution in [0, 0.1) is 0 Å². The summed E-state index contributed by atoms with van der Waals surface area (Å²) >= 11 is 0. The van der Waals surface area contributed by atoms with Crippen LogP contribution < -0.4 is 5.32 Å². The largest absolute Gasteiger partial charge is 0.480 e. The van der Waals surface area contributed by atoms with Gasteiger partial charge in [-0.1, -0.05) is 0 Å². The summed E-state index contributed by atoms with van der Waals surface area (Å²) in [6.45, 7) is 5.50.